The number of carbonyl (C=O) groups excluding carboxylic acids is 1. The molecular formula is C15H18N2O3. The second kappa shape index (κ2) is 5.69. The van der Waals surface area contributed by atoms with Crippen LogP contribution in [-0.2, 0) is 9.53 Å². The number of aromatic hydroxyl groups is 1. The van der Waals surface area contributed by atoms with Crippen molar-refractivity contribution in [2.45, 2.75) is 19.9 Å². The van der Waals surface area contributed by atoms with Gasteiger partial charge in [-0.05, 0) is 31.5 Å². The summed E-state index contributed by atoms with van der Waals surface area (Å²) in [4.78, 5) is 12.1. The SMILES string of the molecule is C=C1NC(C)=C(C(=O)OCC)C(c2cccc(O)c2)N1. The molecule has 0 bridgehead atoms. The Bertz CT molecular complexity index is 578. The molecule has 0 aromatic heterocycles. The van der Waals surface area contributed by atoms with Crippen LogP contribution < -0.4 is 10.6 Å². The highest BCUT2D eigenvalue weighted by molar-refractivity contribution is 5.91. The molecule has 3 N–H and O–H groups in total. The molecule has 0 amide bonds. The molecule has 0 saturated heterocycles. The standard InChI is InChI=1S/C15H18N2O3/c1-4-20-15(19)13-9(2)16-10(3)17-14(13)11-6-5-7-12(18)8-11/h5-8,14,16-18H,3-4H2,1-2H3. The molecule has 5 nitrogen and oxygen atoms in total. The van der Waals surface area contributed by atoms with Gasteiger partial charge in [-0.25, -0.2) is 4.79 Å². The molecule has 0 saturated carbocycles. The van der Waals surface area contributed by atoms with Gasteiger partial charge in [0.05, 0.1) is 24.0 Å². The summed E-state index contributed by atoms with van der Waals surface area (Å²) in [5.74, 6) is 0.365. The second-order valence-electron chi connectivity index (χ2n) is 4.54. The van der Waals surface area contributed by atoms with Crippen molar-refractivity contribution in [3.8, 4) is 5.75 Å². The Labute approximate surface area is 117 Å². The molecular weight excluding hydrogens is 256 g/mol. The van der Waals surface area contributed by atoms with Crippen LogP contribution in [0.15, 0.2) is 47.9 Å². The van der Waals surface area contributed by atoms with Gasteiger partial charge in [0.25, 0.3) is 0 Å². The number of allylic oxidation sites excluding steroid dienone is 1. The third-order valence-corrected chi connectivity index (χ3v) is 3.05. The molecule has 0 aliphatic carbocycles. The fourth-order valence-corrected chi connectivity index (χ4v) is 2.23. The lowest BCUT2D eigenvalue weighted by atomic mass is 9.95. The highest BCUT2D eigenvalue weighted by Crippen LogP contribution is 2.30. The summed E-state index contributed by atoms with van der Waals surface area (Å²) in [7, 11) is 0. The van der Waals surface area contributed by atoms with E-state index in [4.69, 9.17) is 4.74 Å². The Kier molecular flexibility index (Phi) is 3.98. The molecule has 106 valence electrons. The van der Waals surface area contributed by atoms with Gasteiger partial charge in [0.2, 0.25) is 0 Å². The fraction of sp³-hybridized carbons (Fsp3) is 0.267. The number of benzene rings is 1. The Hall–Kier alpha value is -2.43. The summed E-state index contributed by atoms with van der Waals surface area (Å²) >= 11 is 0. The van der Waals surface area contributed by atoms with Gasteiger partial charge in [0, 0.05) is 5.70 Å². The minimum Gasteiger partial charge on any atom is -0.508 e. The van der Waals surface area contributed by atoms with E-state index in [1.807, 2.05) is 6.07 Å². The first kappa shape index (κ1) is 14.0. The van der Waals surface area contributed by atoms with E-state index in [1.165, 1.54) is 0 Å². The van der Waals surface area contributed by atoms with Crippen molar-refractivity contribution in [1.82, 2.24) is 10.6 Å². The molecule has 1 aromatic rings. The normalized spacial score (nSPS) is 18.3. The van der Waals surface area contributed by atoms with Crippen LogP contribution in [0, 0.1) is 0 Å². The quantitative estimate of drug-likeness (QED) is 0.735. The van der Waals surface area contributed by atoms with Gasteiger partial charge >= 0.3 is 5.97 Å². The van der Waals surface area contributed by atoms with Gasteiger partial charge in [-0.15, -0.1) is 0 Å². The van der Waals surface area contributed by atoms with E-state index in [0.717, 1.165) is 5.56 Å². The van der Waals surface area contributed by atoms with Crippen LogP contribution >= 0.6 is 0 Å². The van der Waals surface area contributed by atoms with Gasteiger partial charge in [0.1, 0.15) is 5.75 Å². The van der Waals surface area contributed by atoms with Crippen molar-refractivity contribution in [3.63, 3.8) is 0 Å². The van der Waals surface area contributed by atoms with Gasteiger partial charge in [-0.3, -0.25) is 0 Å². The summed E-state index contributed by atoms with van der Waals surface area (Å²) in [6.07, 6.45) is 0. The first-order chi connectivity index (χ1) is 9.52. The van der Waals surface area contributed by atoms with Crippen molar-refractivity contribution < 1.29 is 14.6 Å². The highest BCUT2D eigenvalue weighted by atomic mass is 16.5. The Morgan fingerprint density at radius 1 is 1.50 bits per heavy atom. The average Bonchev–Trinajstić information content (AvgIpc) is 2.37. The fourth-order valence-electron chi connectivity index (χ4n) is 2.23. The number of hydrogen-bond donors (Lipinski definition) is 3. The van der Waals surface area contributed by atoms with Crippen LogP contribution in [0.2, 0.25) is 0 Å². The largest absolute Gasteiger partial charge is 0.508 e. The number of nitrogens with one attached hydrogen (secondary N) is 2. The maximum atomic E-state index is 12.1. The van der Waals surface area contributed by atoms with Gasteiger partial charge in [-0.2, -0.15) is 0 Å². The number of rotatable bonds is 3. The first-order valence-corrected chi connectivity index (χ1v) is 6.42. The van der Waals surface area contributed by atoms with Gasteiger partial charge < -0.3 is 20.5 Å². The number of esters is 1. The number of hydrogen-bond acceptors (Lipinski definition) is 5. The molecule has 20 heavy (non-hydrogen) atoms. The zero-order chi connectivity index (χ0) is 14.7. The molecule has 5 heteroatoms. The van der Waals surface area contributed by atoms with E-state index in [0.29, 0.717) is 23.7 Å². The van der Waals surface area contributed by atoms with Crippen molar-refractivity contribution in [3.05, 3.63) is 53.5 Å². The number of ether oxygens (including phenoxy) is 1. The summed E-state index contributed by atoms with van der Waals surface area (Å²) < 4.78 is 5.10. The van der Waals surface area contributed by atoms with Crippen LogP contribution in [0.3, 0.4) is 0 Å². The van der Waals surface area contributed by atoms with E-state index in [2.05, 4.69) is 17.2 Å². The van der Waals surface area contributed by atoms with Crippen molar-refractivity contribution in [1.29, 1.82) is 0 Å². The van der Waals surface area contributed by atoms with E-state index in [9.17, 15) is 9.90 Å². The first-order valence-electron chi connectivity index (χ1n) is 6.42. The lowest BCUT2D eigenvalue weighted by molar-refractivity contribution is -0.139. The molecule has 0 fully saturated rings. The average molecular weight is 274 g/mol. The highest BCUT2D eigenvalue weighted by Gasteiger charge is 2.30. The van der Waals surface area contributed by atoms with Crippen molar-refractivity contribution >= 4 is 5.97 Å². The lowest BCUT2D eigenvalue weighted by Crippen LogP contribution is -2.39. The Balaban J connectivity index is 2.44. The maximum Gasteiger partial charge on any atom is 0.338 e. The number of carbonyl (C=O) groups is 1. The van der Waals surface area contributed by atoms with Crippen molar-refractivity contribution in [2.75, 3.05) is 6.61 Å². The van der Waals surface area contributed by atoms with Crippen LogP contribution in [0.1, 0.15) is 25.5 Å². The second-order valence-corrected chi connectivity index (χ2v) is 4.54. The minimum atomic E-state index is -0.394. The van der Waals surface area contributed by atoms with E-state index >= 15 is 0 Å². The predicted octanol–water partition coefficient (Wildman–Crippen LogP) is 1.93. The van der Waals surface area contributed by atoms with Crippen LogP contribution in [0.5, 0.6) is 5.75 Å². The van der Waals surface area contributed by atoms with Crippen LogP contribution in [0.4, 0.5) is 0 Å². The summed E-state index contributed by atoms with van der Waals surface area (Å²) in [5, 5.41) is 15.7. The monoisotopic (exact) mass is 274 g/mol. The molecule has 1 aliphatic rings. The van der Waals surface area contributed by atoms with Gasteiger partial charge in [0.15, 0.2) is 0 Å². The molecule has 0 radical (unpaired) electrons. The molecule has 0 spiro atoms. The summed E-state index contributed by atoms with van der Waals surface area (Å²) in [5.41, 5.74) is 1.96. The van der Waals surface area contributed by atoms with Gasteiger partial charge in [-0.1, -0.05) is 18.7 Å². The van der Waals surface area contributed by atoms with Crippen LogP contribution in [0.25, 0.3) is 0 Å². The zero-order valence-electron chi connectivity index (χ0n) is 11.6. The third kappa shape index (κ3) is 2.77. The van der Waals surface area contributed by atoms with Crippen molar-refractivity contribution in [2.24, 2.45) is 0 Å². The van der Waals surface area contributed by atoms with E-state index < -0.39 is 6.04 Å². The summed E-state index contributed by atoms with van der Waals surface area (Å²) in [6, 6.07) is 6.37. The zero-order valence-corrected chi connectivity index (χ0v) is 11.6. The molecule has 1 aromatic carbocycles. The van der Waals surface area contributed by atoms with Crippen LogP contribution in [-0.4, -0.2) is 17.7 Å². The third-order valence-electron chi connectivity index (χ3n) is 3.05. The number of phenols is 1. The predicted molar refractivity (Wildman–Crippen MR) is 75.6 cm³/mol. The molecule has 2 rings (SSSR count). The minimum absolute atomic E-state index is 0.148. The molecule has 1 aliphatic heterocycles. The topological polar surface area (TPSA) is 70.6 Å². The smallest absolute Gasteiger partial charge is 0.338 e. The maximum absolute atomic E-state index is 12.1. The van der Waals surface area contributed by atoms with E-state index in [1.54, 1.807) is 32.0 Å². The Morgan fingerprint density at radius 2 is 2.25 bits per heavy atom. The number of phenolic OH excluding ortho intramolecular Hbond substituents is 1. The van der Waals surface area contributed by atoms with E-state index in [-0.39, 0.29) is 11.7 Å². The molecule has 1 atom stereocenters. The summed E-state index contributed by atoms with van der Waals surface area (Å²) in [6.45, 7) is 7.70. The molecule has 1 heterocycles. The Morgan fingerprint density at radius 3 is 2.90 bits per heavy atom. The molecule has 1 unspecified atom stereocenters. The lowest BCUT2D eigenvalue weighted by Gasteiger charge is -2.30.